The Morgan fingerprint density at radius 3 is 2.32 bits per heavy atom. The molecular weight excluding hydrogens is 342 g/mol. The molecule has 0 amide bonds. The first-order valence-electron chi connectivity index (χ1n) is 9.45. The third-order valence-electron chi connectivity index (χ3n) is 5.48. The van der Waals surface area contributed by atoms with Crippen LogP contribution in [0.4, 0.5) is 0 Å². The molecule has 0 radical (unpaired) electrons. The summed E-state index contributed by atoms with van der Waals surface area (Å²) >= 11 is 0. The molecule has 6 aromatic rings. The average molecular weight is 359 g/mol. The van der Waals surface area contributed by atoms with E-state index < -0.39 is 0 Å². The molecule has 0 unspecified atom stereocenters. The standard InChI is InChI=1S/C26H17NO/c1-2-7-18(8-3-1)19-9-6-10-20(17-19)27-23-12-5-4-11-21(23)26-22-15-16-28-25(22)14-13-24(26)27/h1-17H. The van der Waals surface area contributed by atoms with Gasteiger partial charge in [-0.1, -0.05) is 60.7 Å². The van der Waals surface area contributed by atoms with E-state index in [0.717, 1.165) is 16.7 Å². The monoisotopic (exact) mass is 359 g/mol. The van der Waals surface area contributed by atoms with Gasteiger partial charge in [0.2, 0.25) is 0 Å². The fourth-order valence-electron chi connectivity index (χ4n) is 4.25. The topological polar surface area (TPSA) is 18.1 Å². The molecule has 2 heterocycles. The van der Waals surface area contributed by atoms with Crippen LogP contribution in [0.2, 0.25) is 0 Å². The number of aromatic nitrogens is 1. The fraction of sp³-hybridized carbons (Fsp3) is 0. The first-order chi connectivity index (χ1) is 13.9. The van der Waals surface area contributed by atoms with Gasteiger partial charge in [-0.15, -0.1) is 0 Å². The number of hydrogen-bond donors (Lipinski definition) is 0. The molecule has 0 spiro atoms. The second-order valence-corrected chi connectivity index (χ2v) is 7.06. The zero-order valence-corrected chi connectivity index (χ0v) is 15.2. The maximum absolute atomic E-state index is 5.66. The highest BCUT2D eigenvalue weighted by Crippen LogP contribution is 2.37. The number of benzene rings is 4. The lowest BCUT2D eigenvalue weighted by Gasteiger charge is -2.10. The SMILES string of the molecule is c1ccc(-c2cccc(-n3c4ccccc4c4c5ccoc5ccc43)c2)cc1. The molecule has 0 fully saturated rings. The van der Waals surface area contributed by atoms with Crippen molar-refractivity contribution in [2.45, 2.75) is 0 Å². The minimum atomic E-state index is 0.924. The maximum atomic E-state index is 5.66. The molecule has 28 heavy (non-hydrogen) atoms. The molecule has 0 saturated carbocycles. The van der Waals surface area contributed by atoms with Crippen molar-refractivity contribution in [1.29, 1.82) is 0 Å². The minimum Gasteiger partial charge on any atom is -0.464 e. The molecule has 6 rings (SSSR count). The quantitative estimate of drug-likeness (QED) is 0.320. The predicted octanol–water partition coefficient (Wildman–Crippen LogP) is 7.20. The molecule has 0 bridgehead atoms. The fourth-order valence-corrected chi connectivity index (χ4v) is 4.25. The van der Waals surface area contributed by atoms with E-state index in [2.05, 4.69) is 102 Å². The van der Waals surface area contributed by atoms with Gasteiger partial charge >= 0.3 is 0 Å². The van der Waals surface area contributed by atoms with Crippen LogP contribution in [0.5, 0.6) is 0 Å². The summed E-state index contributed by atoms with van der Waals surface area (Å²) in [5.41, 5.74) is 6.93. The summed E-state index contributed by atoms with van der Waals surface area (Å²) in [7, 11) is 0. The number of nitrogens with zero attached hydrogens (tertiary/aromatic N) is 1. The van der Waals surface area contributed by atoms with Crippen LogP contribution in [0.15, 0.2) is 108 Å². The lowest BCUT2D eigenvalue weighted by atomic mass is 10.1. The molecule has 4 aromatic carbocycles. The first-order valence-corrected chi connectivity index (χ1v) is 9.45. The Hall–Kier alpha value is -3.78. The van der Waals surface area contributed by atoms with E-state index in [1.807, 2.05) is 0 Å². The van der Waals surface area contributed by atoms with Gasteiger partial charge in [-0.25, -0.2) is 0 Å². The van der Waals surface area contributed by atoms with Gasteiger partial charge in [-0.2, -0.15) is 0 Å². The smallest absolute Gasteiger partial charge is 0.134 e. The third kappa shape index (κ3) is 2.15. The minimum absolute atomic E-state index is 0.924. The van der Waals surface area contributed by atoms with Crippen LogP contribution in [0.1, 0.15) is 0 Å². The van der Waals surface area contributed by atoms with Crippen LogP contribution in [0.3, 0.4) is 0 Å². The van der Waals surface area contributed by atoms with Gasteiger partial charge in [0, 0.05) is 21.8 Å². The lowest BCUT2D eigenvalue weighted by molar-refractivity contribution is 0.616. The number of fused-ring (bicyclic) bond motifs is 5. The van der Waals surface area contributed by atoms with Crippen molar-refractivity contribution >= 4 is 32.8 Å². The summed E-state index contributed by atoms with van der Waals surface area (Å²) in [6, 6.07) is 34.1. The molecule has 2 heteroatoms. The molecule has 0 saturated heterocycles. The Kier molecular flexibility index (Phi) is 3.20. The molecule has 0 aliphatic carbocycles. The van der Waals surface area contributed by atoms with Crippen molar-refractivity contribution in [3.05, 3.63) is 103 Å². The first kappa shape index (κ1) is 15.3. The van der Waals surface area contributed by atoms with Gasteiger partial charge in [-0.05, 0) is 47.5 Å². The molecule has 132 valence electrons. The average Bonchev–Trinajstić information content (AvgIpc) is 3.36. The highest BCUT2D eigenvalue weighted by atomic mass is 16.3. The number of para-hydroxylation sites is 1. The van der Waals surface area contributed by atoms with E-state index in [-0.39, 0.29) is 0 Å². The van der Waals surface area contributed by atoms with Crippen molar-refractivity contribution in [3.8, 4) is 16.8 Å². The normalized spacial score (nSPS) is 11.6. The molecule has 0 aliphatic rings. The summed E-state index contributed by atoms with van der Waals surface area (Å²) in [6.45, 7) is 0. The Morgan fingerprint density at radius 2 is 1.39 bits per heavy atom. The number of furan rings is 1. The Labute approximate surface area is 162 Å². The lowest BCUT2D eigenvalue weighted by Crippen LogP contribution is -1.94. The van der Waals surface area contributed by atoms with E-state index in [9.17, 15) is 0 Å². The molecule has 0 aliphatic heterocycles. The van der Waals surface area contributed by atoms with E-state index in [0.29, 0.717) is 0 Å². The van der Waals surface area contributed by atoms with Gasteiger partial charge in [0.25, 0.3) is 0 Å². The molecular formula is C26H17NO. The second-order valence-electron chi connectivity index (χ2n) is 7.06. The number of hydrogen-bond acceptors (Lipinski definition) is 1. The summed E-state index contributed by atoms with van der Waals surface area (Å²) in [6.07, 6.45) is 1.77. The largest absolute Gasteiger partial charge is 0.464 e. The van der Waals surface area contributed by atoms with Crippen LogP contribution >= 0.6 is 0 Å². The van der Waals surface area contributed by atoms with E-state index in [4.69, 9.17) is 4.42 Å². The van der Waals surface area contributed by atoms with Crippen molar-refractivity contribution in [2.24, 2.45) is 0 Å². The zero-order valence-electron chi connectivity index (χ0n) is 15.2. The van der Waals surface area contributed by atoms with Crippen molar-refractivity contribution in [3.63, 3.8) is 0 Å². The van der Waals surface area contributed by atoms with Gasteiger partial charge in [0.1, 0.15) is 5.58 Å². The second kappa shape index (κ2) is 5.86. The predicted molar refractivity (Wildman–Crippen MR) is 116 cm³/mol. The zero-order chi connectivity index (χ0) is 18.5. The number of rotatable bonds is 2. The summed E-state index contributed by atoms with van der Waals surface area (Å²) < 4.78 is 8.01. The van der Waals surface area contributed by atoms with Gasteiger partial charge < -0.3 is 8.98 Å². The van der Waals surface area contributed by atoms with E-state index in [1.165, 1.54) is 32.9 Å². The molecule has 2 nitrogen and oxygen atoms in total. The van der Waals surface area contributed by atoms with Crippen LogP contribution in [-0.2, 0) is 0 Å². The van der Waals surface area contributed by atoms with Gasteiger partial charge in [0.05, 0.1) is 17.3 Å². The third-order valence-corrected chi connectivity index (χ3v) is 5.48. The summed E-state index contributed by atoms with van der Waals surface area (Å²) in [4.78, 5) is 0. The Balaban J connectivity index is 1.71. The Bertz CT molecular complexity index is 1450. The highest BCUT2D eigenvalue weighted by Gasteiger charge is 2.15. The Morgan fingerprint density at radius 1 is 0.571 bits per heavy atom. The van der Waals surface area contributed by atoms with Crippen LogP contribution < -0.4 is 0 Å². The molecule has 2 aromatic heterocycles. The van der Waals surface area contributed by atoms with Crippen molar-refractivity contribution in [2.75, 3.05) is 0 Å². The molecule has 0 N–H and O–H groups in total. The van der Waals surface area contributed by atoms with Crippen LogP contribution in [0, 0.1) is 0 Å². The van der Waals surface area contributed by atoms with Crippen molar-refractivity contribution < 1.29 is 4.42 Å². The molecule has 0 atom stereocenters. The maximum Gasteiger partial charge on any atom is 0.134 e. The van der Waals surface area contributed by atoms with Crippen LogP contribution in [-0.4, -0.2) is 4.57 Å². The van der Waals surface area contributed by atoms with Crippen LogP contribution in [0.25, 0.3) is 49.6 Å². The van der Waals surface area contributed by atoms with E-state index in [1.54, 1.807) is 6.26 Å². The van der Waals surface area contributed by atoms with Crippen molar-refractivity contribution in [1.82, 2.24) is 4.57 Å². The van der Waals surface area contributed by atoms with Gasteiger partial charge in [-0.3, -0.25) is 0 Å². The summed E-state index contributed by atoms with van der Waals surface area (Å²) in [5, 5.41) is 3.65. The highest BCUT2D eigenvalue weighted by molar-refractivity contribution is 6.20. The van der Waals surface area contributed by atoms with E-state index >= 15 is 0 Å². The summed E-state index contributed by atoms with van der Waals surface area (Å²) in [5.74, 6) is 0. The van der Waals surface area contributed by atoms with Gasteiger partial charge in [0.15, 0.2) is 0 Å².